The normalized spacial score (nSPS) is 12.1. The number of nitrogens with one attached hydrogen (secondary N) is 1. The third-order valence-corrected chi connectivity index (χ3v) is 4.33. The molecule has 1 N–H and O–H groups in total. The number of rotatable bonds is 4. The molecule has 0 aromatic heterocycles. The number of hydrogen-bond acceptors (Lipinski definition) is 2. The molecule has 2 nitrogen and oxygen atoms in total. The van der Waals surface area contributed by atoms with E-state index in [1.807, 2.05) is 18.2 Å². The molecule has 1 unspecified atom stereocenters. The number of ether oxygens (including phenoxy) is 1. The third kappa shape index (κ3) is 3.59. The fourth-order valence-electron chi connectivity index (χ4n) is 2.95. The summed E-state index contributed by atoms with van der Waals surface area (Å²) in [5.41, 5.74) is 6.43. The van der Waals surface area contributed by atoms with E-state index < -0.39 is 0 Å². The Morgan fingerprint density at radius 2 is 1.67 bits per heavy atom. The quantitative estimate of drug-likeness (QED) is 0.781. The van der Waals surface area contributed by atoms with Crippen LogP contribution in [0.25, 0.3) is 0 Å². The van der Waals surface area contributed by atoms with Crippen LogP contribution in [0.1, 0.15) is 35.2 Å². The van der Waals surface area contributed by atoms with E-state index in [0.29, 0.717) is 0 Å². The molecule has 0 fully saturated rings. The minimum atomic E-state index is 0.255. The number of halogens is 1. The molecule has 21 heavy (non-hydrogen) atoms. The molecule has 0 spiro atoms. The van der Waals surface area contributed by atoms with Crippen LogP contribution in [-0.4, -0.2) is 7.11 Å². The van der Waals surface area contributed by atoms with Gasteiger partial charge in [-0.05, 0) is 78.5 Å². The second-order valence-electron chi connectivity index (χ2n) is 5.53. The first-order valence-corrected chi connectivity index (χ1v) is 7.89. The first-order valence-electron chi connectivity index (χ1n) is 7.10. The molecule has 0 saturated carbocycles. The average Bonchev–Trinajstić information content (AvgIpc) is 2.37. The van der Waals surface area contributed by atoms with Gasteiger partial charge in [0, 0.05) is 11.7 Å². The van der Waals surface area contributed by atoms with Crippen molar-refractivity contribution in [3.8, 4) is 5.75 Å². The van der Waals surface area contributed by atoms with Gasteiger partial charge in [0.2, 0.25) is 0 Å². The summed E-state index contributed by atoms with van der Waals surface area (Å²) in [5.74, 6) is 0.843. The molecule has 0 aliphatic heterocycles. The van der Waals surface area contributed by atoms with Crippen LogP contribution < -0.4 is 10.1 Å². The number of benzene rings is 2. The largest absolute Gasteiger partial charge is 0.496 e. The van der Waals surface area contributed by atoms with Crippen LogP contribution in [0.3, 0.4) is 0 Å². The molecule has 3 heteroatoms. The molecule has 0 heterocycles. The molecule has 2 rings (SSSR count). The Balaban J connectivity index is 2.26. The Morgan fingerprint density at radius 3 is 2.19 bits per heavy atom. The first-order chi connectivity index (χ1) is 9.92. The molecule has 0 amide bonds. The number of methoxy groups -OCH3 is 1. The van der Waals surface area contributed by atoms with Gasteiger partial charge in [-0.2, -0.15) is 0 Å². The van der Waals surface area contributed by atoms with Gasteiger partial charge in [0.25, 0.3) is 0 Å². The zero-order valence-electron chi connectivity index (χ0n) is 13.3. The lowest BCUT2D eigenvalue weighted by atomic mass is 9.95. The second kappa shape index (κ2) is 6.52. The maximum absolute atomic E-state index is 5.27. The summed E-state index contributed by atoms with van der Waals surface area (Å²) in [6.07, 6.45) is 0. The summed E-state index contributed by atoms with van der Waals surface area (Å²) in [6, 6.07) is 10.8. The van der Waals surface area contributed by atoms with Gasteiger partial charge >= 0.3 is 0 Å². The highest BCUT2D eigenvalue weighted by Crippen LogP contribution is 2.31. The molecule has 0 radical (unpaired) electrons. The lowest BCUT2D eigenvalue weighted by Crippen LogP contribution is -2.10. The van der Waals surface area contributed by atoms with Crippen LogP contribution in [0.4, 0.5) is 5.69 Å². The molecular weight excluding hydrogens is 326 g/mol. The topological polar surface area (TPSA) is 21.3 Å². The van der Waals surface area contributed by atoms with E-state index in [0.717, 1.165) is 15.9 Å². The van der Waals surface area contributed by atoms with Crippen LogP contribution in [0.5, 0.6) is 5.75 Å². The zero-order valence-corrected chi connectivity index (χ0v) is 14.8. The fraction of sp³-hybridized carbons (Fsp3) is 0.333. The van der Waals surface area contributed by atoms with Gasteiger partial charge in [-0.3, -0.25) is 0 Å². The molecule has 0 aliphatic rings. The van der Waals surface area contributed by atoms with E-state index in [9.17, 15) is 0 Å². The molecule has 0 bridgehead atoms. The van der Waals surface area contributed by atoms with Gasteiger partial charge in [-0.25, -0.2) is 0 Å². The minimum absolute atomic E-state index is 0.255. The van der Waals surface area contributed by atoms with Crippen molar-refractivity contribution < 1.29 is 4.74 Å². The maximum atomic E-state index is 5.27. The van der Waals surface area contributed by atoms with Crippen LogP contribution in [0.15, 0.2) is 34.8 Å². The zero-order chi connectivity index (χ0) is 15.6. The van der Waals surface area contributed by atoms with Crippen molar-refractivity contribution in [2.45, 2.75) is 33.7 Å². The fourth-order valence-corrected chi connectivity index (χ4v) is 3.49. The van der Waals surface area contributed by atoms with Crippen LogP contribution >= 0.6 is 15.9 Å². The monoisotopic (exact) mass is 347 g/mol. The summed E-state index contributed by atoms with van der Waals surface area (Å²) < 4.78 is 6.22. The average molecular weight is 348 g/mol. The van der Waals surface area contributed by atoms with Gasteiger partial charge in [0.1, 0.15) is 5.75 Å². The van der Waals surface area contributed by atoms with Gasteiger partial charge in [0.15, 0.2) is 0 Å². The summed E-state index contributed by atoms with van der Waals surface area (Å²) in [7, 11) is 1.68. The van der Waals surface area contributed by atoms with Crippen molar-refractivity contribution in [2.24, 2.45) is 0 Å². The second-order valence-corrected chi connectivity index (χ2v) is 6.38. The Hall–Kier alpha value is -1.48. The highest BCUT2D eigenvalue weighted by atomic mass is 79.9. The highest BCUT2D eigenvalue weighted by molar-refractivity contribution is 9.10. The first kappa shape index (κ1) is 15.9. The van der Waals surface area contributed by atoms with Crippen molar-refractivity contribution in [2.75, 3.05) is 12.4 Å². The predicted octanol–water partition coefficient (Wildman–Crippen LogP) is 5.56. The van der Waals surface area contributed by atoms with E-state index in [2.05, 4.69) is 61.1 Å². The van der Waals surface area contributed by atoms with Gasteiger partial charge in [-0.15, -0.1) is 0 Å². The summed E-state index contributed by atoms with van der Waals surface area (Å²) >= 11 is 3.53. The summed E-state index contributed by atoms with van der Waals surface area (Å²) in [5, 5.41) is 3.57. The van der Waals surface area contributed by atoms with Crippen molar-refractivity contribution in [1.82, 2.24) is 0 Å². The van der Waals surface area contributed by atoms with Crippen LogP contribution in [-0.2, 0) is 0 Å². The van der Waals surface area contributed by atoms with Gasteiger partial charge in [0.05, 0.1) is 11.6 Å². The van der Waals surface area contributed by atoms with E-state index in [4.69, 9.17) is 4.74 Å². The van der Waals surface area contributed by atoms with Gasteiger partial charge in [-0.1, -0.05) is 17.7 Å². The SMILES string of the molecule is COc1ccc(NC(C)c2c(C)cc(C)cc2C)cc1Br. The number of hydrogen-bond donors (Lipinski definition) is 1. The molecule has 0 aliphatic carbocycles. The lowest BCUT2D eigenvalue weighted by molar-refractivity contribution is 0.412. The third-order valence-electron chi connectivity index (χ3n) is 3.71. The Morgan fingerprint density at radius 1 is 1.05 bits per heavy atom. The molecule has 112 valence electrons. The summed E-state index contributed by atoms with van der Waals surface area (Å²) in [4.78, 5) is 0. The number of anilines is 1. The maximum Gasteiger partial charge on any atom is 0.133 e. The van der Waals surface area contributed by atoms with Crippen molar-refractivity contribution in [3.63, 3.8) is 0 Å². The van der Waals surface area contributed by atoms with E-state index in [1.165, 1.54) is 22.3 Å². The van der Waals surface area contributed by atoms with Crippen LogP contribution in [0.2, 0.25) is 0 Å². The molecule has 0 saturated heterocycles. The van der Waals surface area contributed by atoms with Crippen LogP contribution in [0, 0.1) is 20.8 Å². The molecular formula is C18H22BrNO. The minimum Gasteiger partial charge on any atom is -0.496 e. The molecule has 1 atom stereocenters. The van der Waals surface area contributed by atoms with E-state index >= 15 is 0 Å². The predicted molar refractivity (Wildman–Crippen MR) is 93.4 cm³/mol. The van der Waals surface area contributed by atoms with Crippen molar-refractivity contribution >= 4 is 21.6 Å². The van der Waals surface area contributed by atoms with E-state index in [1.54, 1.807) is 7.11 Å². The number of aryl methyl sites for hydroxylation is 3. The van der Waals surface area contributed by atoms with E-state index in [-0.39, 0.29) is 6.04 Å². The smallest absolute Gasteiger partial charge is 0.133 e. The van der Waals surface area contributed by atoms with Gasteiger partial charge < -0.3 is 10.1 Å². The standard InChI is InChI=1S/C18H22BrNO/c1-11-8-12(2)18(13(3)9-11)14(4)20-15-6-7-17(21-5)16(19)10-15/h6-10,14,20H,1-5H3. The lowest BCUT2D eigenvalue weighted by Gasteiger charge is -2.21. The summed E-state index contributed by atoms with van der Waals surface area (Å²) in [6.45, 7) is 8.69. The Bertz CT molecular complexity index is 629. The molecule has 2 aromatic rings. The Labute approximate surface area is 135 Å². The van der Waals surface area contributed by atoms with Crippen molar-refractivity contribution in [3.05, 3.63) is 57.1 Å². The molecule has 2 aromatic carbocycles. The highest BCUT2D eigenvalue weighted by Gasteiger charge is 2.12. The van der Waals surface area contributed by atoms with Crippen molar-refractivity contribution in [1.29, 1.82) is 0 Å². The Kier molecular flexibility index (Phi) is 4.94.